The number of aliphatic imine (C=N–C) groups is 1. The zero-order valence-corrected chi connectivity index (χ0v) is 13.3. The van der Waals surface area contributed by atoms with Gasteiger partial charge in [-0.3, -0.25) is 4.79 Å². The van der Waals surface area contributed by atoms with E-state index in [1.165, 1.54) is 0 Å². The van der Waals surface area contributed by atoms with E-state index in [0.29, 0.717) is 5.96 Å². The Morgan fingerprint density at radius 3 is 2.40 bits per heavy atom. The fraction of sp³-hybridized carbons (Fsp3) is 0.857. The van der Waals surface area contributed by atoms with Crippen LogP contribution in [0.4, 0.5) is 0 Å². The minimum absolute atomic E-state index is 0.0760. The van der Waals surface area contributed by atoms with Crippen LogP contribution in [-0.4, -0.2) is 50.3 Å². The number of nitrogens with zero attached hydrogens (tertiary/aromatic N) is 1. The van der Waals surface area contributed by atoms with Crippen molar-refractivity contribution >= 4 is 11.9 Å². The van der Waals surface area contributed by atoms with Crippen LogP contribution in [0.25, 0.3) is 0 Å². The summed E-state index contributed by atoms with van der Waals surface area (Å²) in [4.78, 5) is 16.0. The summed E-state index contributed by atoms with van der Waals surface area (Å²) in [5.74, 6) is 0.595. The van der Waals surface area contributed by atoms with E-state index in [4.69, 9.17) is 4.74 Å². The molecule has 1 aliphatic rings. The fourth-order valence-corrected chi connectivity index (χ4v) is 1.80. The Bertz CT molecular complexity index is 357. The lowest BCUT2D eigenvalue weighted by molar-refractivity contribution is -0.121. The molecule has 3 N–H and O–H groups in total. The third-order valence-electron chi connectivity index (χ3n) is 2.82. The maximum atomic E-state index is 11.7. The molecule has 1 rings (SSSR count). The Labute approximate surface area is 121 Å². The second-order valence-corrected chi connectivity index (χ2v) is 6.65. The molecule has 0 aliphatic carbocycles. The lowest BCUT2D eigenvalue weighted by atomic mass is 9.89. The quantitative estimate of drug-likeness (QED) is 0.507. The summed E-state index contributed by atoms with van der Waals surface area (Å²) in [6.45, 7) is 13.2. The topological polar surface area (TPSA) is 74.8 Å². The highest BCUT2D eigenvalue weighted by Crippen LogP contribution is 2.24. The first kappa shape index (κ1) is 16.8. The van der Waals surface area contributed by atoms with Gasteiger partial charge in [-0.1, -0.05) is 6.92 Å². The molecule has 0 saturated carbocycles. The van der Waals surface area contributed by atoms with E-state index in [9.17, 15) is 4.79 Å². The van der Waals surface area contributed by atoms with Gasteiger partial charge in [0.25, 0.3) is 0 Å². The Morgan fingerprint density at radius 1 is 1.30 bits per heavy atom. The zero-order valence-electron chi connectivity index (χ0n) is 13.3. The maximum Gasteiger partial charge on any atom is 0.242 e. The molecule has 0 atom stereocenters. The zero-order chi connectivity index (χ0) is 15.2. The van der Waals surface area contributed by atoms with E-state index in [-0.39, 0.29) is 23.4 Å². The third-order valence-corrected chi connectivity index (χ3v) is 2.82. The van der Waals surface area contributed by atoms with Crippen molar-refractivity contribution in [1.29, 1.82) is 0 Å². The van der Waals surface area contributed by atoms with Crippen molar-refractivity contribution in [3.8, 4) is 0 Å². The molecular formula is C14H28N4O2. The van der Waals surface area contributed by atoms with Gasteiger partial charge in [0, 0.05) is 24.0 Å². The van der Waals surface area contributed by atoms with Crippen LogP contribution in [0.2, 0.25) is 0 Å². The first-order valence-corrected chi connectivity index (χ1v) is 7.15. The Balaban J connectivity index is 2.43. The van der Waals surface area contributed by atoms with Crippen molar-refractivity contribution < 1.29 is 9.53 Å². The van der Waals surface area contributed by atoms with Gasteiger partial charge in [0.05, 0.1) is 13.2 Å². The minimum atomic E-state index is -0.227. The summed E-state index contributed by atoms with van der Waals surface area (Å²) in [6, 6.07) is 0. The van der Waals surface area contributed by atoms with E-state index in [1.54, 1.807) is 0 Å². The van der Waals surface area contributed by atoms with Gasteiger partial charge in [-0.15, -0.1) is 0 Å². The number of carbonyl (C=O) groups is 1. The van der Waals surface area contributed by atoms with Crippen LogP contribution < -0.4 is 16.0 Å². The van der Waals surface area contributed by atoms with Gasteiger partial charge < -0.3 is 20.7 Å². The number of carbonyl (C=O) groups excluding carboxylic acids is 1. The summed E-state index contributed by atoms with van der Waals surface area (Å²) < 4.78 is 5.22. The molecule has 0 aromatic rings. The molecule has 0 bridgehead atoms. The number of hydrogen-bond acceptors (Lipinski definition) is 3. The van der Waals surface area contributed by atoms with Crippen LogP contribution in [0.15, 0.2) is 4.99 Å². The second-order valence-electron chi connectivity index (χ2n) is 6.65. The fourth-order valence-electron chi connectivity index (χ4n) is 1.80. The number of amides is 1. The SMILES string of the molecule is CCNC(=NCC(=O)NC(C)(C)C)NCC1(C)COC1. The Morgan fingerprint density at radius 2 is 1.95 bits per heavy atom. The van der Waals surface area contributed by atoms with Crippen molar-refractivity contribution in [3.63, 3.8) is 0 Å². The smallest absolute Gasteiger partial charge is 0.242 e. The Hall–Kier alpha value is -1.30. The van der Waals surface area contributed by atoms with Gasteiger partial charge in [0.2, 0.25) is 5.91 Å². The van der Waals surface area contributed by atoms with Crippen LogP contribution in [0.5, 0.6) is 0 Å². The normalized spacial score (nSPS) is 18.1. The van der Waals surface area contributed by atoms with Crippen LogP contribution in [0.1, 0.15) is 34.6 Å². The molecule has 1 fully saturated rings. The monoisotopic (exact) mass is 284 g/mol. The van der Waals surface area contributed by atoms with Gasteiger partial charge in [-0.05, 0) is 27.7 Å². The van der Waals surface area contributed by atoms with Crippen LogP contribution in [0.3, 0.4) is 0 Å². The summed E-state index contributed by atoms with van der Waals surface area (Å²) >= 11 is 0. The van der Waals surface area contributed by atoms with Gasteiger partial charge in [-0.25, -0.2) is 4.99 Å². The molecule has 1 aliphatic heterocycles. The summed E-state index contributed by atoms with van der Waals surface area (Å²) in [5.41, 5.74) is -0.0566. The third kappa shape index (κ3) is 6.23. The van der Waals surface area contributed by atoms with Crippen molar-refractivity contribution in [2.45, 2.75) is 40.2 Å². The minimum Gasteiger partial charge on any atom is -0.380 e. The molecule has 1 saturated heterocycles. The van der Waals surface area contributed by atoms with E-state index in [2.05, 4.69) is 27.9 Å². The molecule has 0 aromatic heterocycles. The predicted octanol–water partition coefficient (Wildman–Crippen LogP) is 0.493. The van der Waals surface area contributed by atoms with Gasteiger partial charge >= 0.3 is 0 Å². The van der Waals surface area contributed by atoms with Crippen LogP contribution >= 0.6 is 0 Å². The average Bonchev–Trinajstić information content (AvgIpc) is 2.28. The molecule has 0 spiro atoms. The van der Waals surface area contributed by atoms with Gasteiger partial charge in [-0.2, -0.15) is 0 Å². The second kappa shape index (κ2) is 6.92. The molecular weight excluding hydrogens is 256 g/mol. The highest BCUT2D eigenvalue weighted by Gasteiger charge is 2.33. The van der Waals surface area contributed by atoms with E-state index < -0.39 is 0 Å². The van der Waals surface area contributed by atoms with Crippen molar-refractivity contribution in [2.75, 3.05) is 32.8 Å². The lowest BCUT2D eigenvalue weighted by Crippen LogP contribution is -2.51. The van der Waals surface area contributed by atoms with E-state index >= 15 is 0 Å². The predicted molar refractivity (Wildman–Crippen MR) is 80.8 cm³/mol. The van der Waals surface area contributed by atoms with Crippen molar-refractivity contribution in [2.24, 2.45) is 10.4 Å². The molecule has 0 unspecified atom stereocenters. The largest absolute Gasteiger partial charge is 0.380 e. The van der Waals surface area contributed by atoms with Crippen LogP contribution in [-0.2, 0) is 9.53 Å². The molecule has 116 valence electrons. The number of rotatable bonds is 5. The lowest BCUT2D eigenvalue weighted by Gasteiger charge is -2.38. The molecule has 1 amide bonds. The summed E-state index contributed by atoms with van der Waals surface area (Å²) in [5, 5.41) is 9.29. The molecule has 0 aromatic carbocycles. The summed E-state index contributed by atoms with van der Waals surface area (Å²) in [6.07, 6.45) is 0. The number of nitrogens with one attached hydrogen (secondary N) is 3. The Kier molecular flexibility index (Phi) is 5.80. The number of guanidine groups is 1. The van der Waals surface area contributed by atoms with Crippen molar-refractivity contribution in [1.82, 2.24) is 16.0 Å². The highest BCUT2D eigenvalue weighted by molar-refractivity contribution is 5.85. The number of ether oxygens (including phenoxy) is 1. The molecule has 6 heteroatoms. The first-order valence-electron chi connectivity index (χ1n) is 7.15. The van der Waals surface area contributed by atoms with Gasteiger partial charge in [0.15, 0.2) is 5.96 Å². The molecule has 20 heavy (non-hydrogen) atoms. The maximum absolute atomic E-state index is 11.7. The van der Waals surface area contributed by atoms with E-state index in [0.717, 1.165) is 26.3 Å². The van der Waals surface area contributed by atoms with Crippen molar-refractivity contribution in [3.05, 3.63) is 0 Å². The first-order chi connectivity index (χ1) is 9.24. The van der Waals surface area contributed by atoms with E-state index in [1.807, 2.05) is 27.7 Å². The highest BCUT2D eigenvalue weighted by atomic mass is 16.5. The summed E-state index contributed by atoms with van der Waals surface area (Å²) in [7, 11) is 0. The molecule has 1 heterocycles. The molecule has 6 nitrogen and oxygen atoms in total. The molecule has 0 radical (unpaired) electrons. The van der Waals surface area contributed by atoms with Gasteiger partial charge in [0.1, 0.15) is 6.54 Å². The number of hydrogen-bond donors (Lipinski definition) is 3. The average molecular weight is 284 g/mol. The van der Waals surface area contributed by atoms with Crippen LogP contribution in [0, 0.1) is 5.41 Å². The standard InChI is InChI=1S/C14H28N4O2/c1-6-15-12(17-8-14(5)9-20-10-14)16-7-11(19)18-13(2,3)4/h6-10H2,1-5H3,(H,18,19)(H2,15,16,17).